The lowest BCUT2D eigenvalue weighted by molar-refractivity contribution is 0.150. The minimum atomic E-state index is -0.00632. The van der Waals surface area contributed by atoms with Crippen molar-refractivity contribution in [1.82, 2.24) is 5.32 Å². The summed E-state index contributed by atoms with van der Waals surface area (Å²) in [6, 6.07) is 7.22. The molecule has 0 spiro atoms. The highest BCUT2D eigenvalue weighted by molar-refractivity contribution is 7.80. The number of ether oxygens (including phenoxy) is 2. The van der Waals surface area contributed by atoms with Gasteiger partial charge in [-0.1, -0.05) is 11.6 Å². The molecule has 1 fully saturated rings. The zero-order valence-corrected chi connectivity index (χ0v) is 9.48. The molecule has 0 aliphatic carbocycles. The fraction of sp³-hybridized carbons (Fsp3) is 0.300. The van der Waals surface area contributed by atoms with Crippen molar-refractivity contribution in [3.63, 3.8) is 0 Å². The highest BCUT2D eigenvalue weighted by Gasteiger charge is 2.19. The van der Waals surface area contributed by atoms with Gasteiger partial charge in [-0.15, -0.1) is 0 Å². The molecule has 0 saturated carbocycles. The third kappa shape index (κ3) is 2.97. The monoisotopic (exact) mass is 243 g/mol. The van der Waals surface area contributed by atoms with E-state index in [2.05, 4.69) is 5.32 Å². The summed E-state index contributed by atoms with van der Waals surface area (Å²) in [7, 11) is 0. The number of nitrogens with one attached hydrogen (secondary N) is 1. The number of benzene rings is 1. The van der Waals surface area contributed by atoms with Crippen molar-refractivity contribution >= 4 is 29.0 Å². The zero-order valence-electron chi connectivity index (χ0n) is 7.90. The number of rotatable bonds is 3. The predicted molar refractivity (Wildman–Crippen MR) is 62.4 cm³/mol. The van der Waals surface area contributed by atoms with Gasteiger partial charge in [-0.3, -0.25) is 0 Å². The normalized spacial score (nSPS) is 19.5. The third-order valence-corrected chi connectivity index (χ3v) is 2.49. The summed E-state index contributed by atoms with van der Waals surface area (Å²) in [5.41, 5.74) is 0. The Balaban J connectivity index is 1.83. The Kier molecular flexibility index (Phi) is 3.28. The highest BCUT2D eigenvalue weighted by Crippen LogP contribution is 2.16. The van der Waals surface area contributed by atoms with Gasteiger partial charge < -0.3 is 14.8 Å². The minimum absolute atomic E-state index is 0.00632. The minimum Gasteiger partial charge on any atom is -0.490 e. The molecule has 1 aliphatic rings. The zero-order chi connectivity index (χ0) is 10.7. The molecule has 1 saturated heterocycles. The molecule has 0 amide bonds. The fourth-order valence-corrected chi connectivity index (χ4v) is 1.59. The van der Waals surface area contributed by atoms with Crippen molar-refractivity contribution in [3.05, 3.63) is 29.3 Å². The van der Waals surface area contributed by atoms with E-state index in [1.165, 1.54) is 0 Å². The first-order valence-electron chi connectivity index (χ1n) is 4.57. The Hall–Kier alpha value is -1.00. The van der Waals surface area contributed by atoms with Crippen molar-refractivity contribution in [2.75, 3.05) is 13.2 Å². The third-order valence-electron chi connectivity index (χ3n) is 2.00. The quantitative estimate of drug-likeness (QED) is 0.823. The van der Waals surface area contributed by atoms with Crippen LogP contribution >= 0.6 is 23.8 Å². The molecule has 1 aromatic rings. The van der Waals surface area contributed by atoms with Crippen LogP contribution in [0.3, 0.4) is 0 Å². The second-order valence-electron chi connectivity index (χ2n) is 3.17. The second kappa shape index (κ2) is 4.68. The predicted octanol–water partition coefficient (Wildman–Crippen LogP) is 1.99. The molecule has 1 unspecified atom stereocenters. The summed E-state index contributed by atoms with van der Waals surface area (Å²) in [4.78, 5) is 0. The van der Waals surface area contributed by atoms with Gasteiger partial charge in [0.15, 0.2) is 6.10 Å². The molecule has 0 radical (unpaired) electrons. The van der Waals surface area contributed by atoms with Gasteiger partial charge in [0.25, 0.3) is 5.17 Å². The van der Waals surface area contributed by atoms with Gasteiger partial charge in [-0.05, 0) is 36.5 Å². The standard InChI is InChI=1S/C10H10ClNO2S/c11-7-1-3-8(4-2-7)13-6-9-5-12-10(15)14-9/h1-4,9H,5-6H2,(H,12,15). The van der Waals surface area contributed by atoms with E-state index in [0.717, 1.165) is 5.75 Å². The molecule has 1 aliphatic heterocycles. The van der Waals surface area contributed by atoms with E-state index in [1.54, 1.807) is 12.1 Å². The van der Waals surface area contributed by atoms with Crippen LogP contribution in [0.1, 0.15) is 0 Å². The van der Waals surface area contributed by atoms with E-state index in [9.17, 15) is 0 Å². The van der Waals surface area contributed by atoms with Crippen molar-refractivity contribution < 1.29 is 9.47 Å². The number of halogens is 1. The van der Waals surface area contributed by atoms with E-state index in [1.807, 2.05) is 12.1 Å². The van der Waals surface area contributed by atoms with E-state index in [4.69, 9.17) is 33.3 Å². The molecule has 80 valence electrons. The van der Waals surface area contributed by atoms with Gasteiger partial charge in [0, 0.05) is 5.02 Å². The largest absolute Gasteiger partial charge is 0.490 e. The van der Waals surface area contributed by atoms with Crippen molar-refractivity contribution in [2.45, 2.75) is 6.10 Å². The Labute approximate surface area is 98.3 Å². The first-order chi connectivity index (χ1) is 7.24. The van der Waals surface area contributed by atoms with Crippen molar-refractivity contribution in [1.29, 1.82) is 0 Å². The summed E-state index contributed by atoms with van der Waals surface area (Å²) >= 11 is 10.6. The number of thiocarbonyl (C=S) groups is 1. The molecule has 5 heteroatoms. The Morgan fingerprint density at radius 2 is 2.20 bits per heavy atom. The molecule has 1 atom stereocenters. The van der Waals surface area contributed by atoms with Crippen LogP contribution in [0.5, 0.6) is 5.75 Å². The second-order valence-corrected chi connectivity index (χ2v) is 3.98. The van der Waals surface area contributed by atoms with Crippen LogP contribution in [0, 0.1) is 0 Å². The summed E-state index contributed by atoms with van der Waals surface area (Å²) in [6.45, 7) is 1.18. The van der Waals surface area contributed by atoms with E-state index in [-0.39, 0.29) is 6.10 Å². The summed E-state index contributed by atoms with van der Waals surface area (Å²) in [6.07, 6.45) is -0.00632. The maximum atomic E-state index is 5.75. The smallest absolute Gasteiger partial charge is 0.257 e. The van der Waals surface area contributed by atoms with Crippen LogP contribution in [-0.2, 0) is 4.74 Å². The van der Waals surface area contributed by atoms with Crippen LogP contribution in [-0.4, -0.2) is 24.4 Å². The van der Waals surface area contributed by atoms with Crippen molar-refractivity contribution in [2.24, 2.45) is 0 Å². The van der Waals surface area contributed by atoms with Crippen LogP contribution in [0.2, 0.25) is 5.02 Å². The summed E-state index contributed by atoms with van der Waals surface area (Å²) < 4.78 is 10.8. The molecule has 3 nitrogen and oxygen atoms in total. The average molecular weight is 244 g/mol. The Morgan fingerprint density at radius 1 is 1.47 bits per heavy atom. The van der Waals surface area contributed by atoms with Crippen LogP contribution in [0.4, 0.5) is 0 Å². The first kappa shape index (κ1) is 10.5. The van der Waals surface area contributed by atoms with Gasteiger partial charge in [0.05, 0.1) is 6.54 Å². The lowest BCUT2D eigenvalue weighted by Crippen LogP contribution is -2.21. The summed E-state index contributed by atoms with van der Waals surface area (Å²) in [5, 5.41) is 4.06. The Morgan fingerprint density at radius 3 is 2.80 bits per heavy atom. The molecule has 0 bridgehead atoms. The van der Waals surface area contributed by atoms with E-state index >= 15 is 0 Å². The lowest BCUT2D eigenvalue weighted by atomic mass is 10.3. The molecule has 0 aromatic heterocycles. The van der Waals surface area contributed by atoms with Gasteiger partial charge in [0.2, 0.25) is 0 Å². The molecule has 1 N–H and O–H groups in total. The van der Waals surface area contributed by atoms with Gasteiger partial charge in [-0.2, -0.15) is 0 Å². The van der Waals surface area contributed by atoms with Gasteiger partial charge in [-0.25, -0.2) is 0 Å². The lowest BCUT2D eigenvalue weighted by Gasteiger charge is -2.10. The molecule has 1 aromatic carbocycles. The molecule has 15 heavy (non-hydrogen) atoms. The van der Waals surface area contributed by atoms with Crippen LogP contribution in [0.15, 0.2) is 24.3 Å². The summed E-state index contributed by atoms with van der Waals surface area (Å²) in [5.74, 6) is 0.779. The Bertz CT molecular complexity index is 355. The molecular formula is C10H10ClNO2S. The first-order valence-corrected chi connectivity index (χ1v) is 5.35. The van der Waals surface area contributed by atoms with E-state index in [0.29, 0.717) is 23.3 Å². The van der Waals surface area contributed by atoms with Crippen LogP contribution in [0.25, 0.3) is 0 Å². The van der Waals surface area contributed by atoms with Gasteiger partial charge >= 0.3 is 0 Å². The average Bonchev–Trinajstić information content (AvgIpc) is 2.64. The fourth-order valence-electron chi connectivity index (χ4n) is 1.24. The SMILES string of the molecule is S=C1NCC(COc2ccc(Cl)cc2)O1. The van der Waals surface area contributed by atoms with Crippen molar-refractivity contribution in [3.8, 4) is 5.75 Å². The van der Waals surface area contributed by atoms with Gasteiger partial charge in [0.1, 0.15) is 12.4 Å². The van der Waals surface area contributed by atoms with E-state index < -0.39 is 0 Å². The number of hydrogen-bond acceptors (Lipinski definition) is 3. The molecular weight excluding hydrogens is 234 g/mol. The molecule has 2 rings (SSSR count). The van der Waals surface area contributed by atoms with Crippen LogP contribution < -0.4 is 10.1 Å². The maximum Gasteiger partial charge on any atom is 0.257 e. The number of hydrogen-bond donors (Lipinski definition) is 1. The topological polar surface area (TPSA) is 30.5 Å². The maximum absolute atomic E-state index is 5.75. The molecule has 1 heterocycles. The highest BCUT2D eigenvalue weighted by atomic mass is 35.5.